The third kappa shape index (κ3) is 2.98. The molecule has 3 N–H and O–H groups in total. The minimum Gasteiger partial charge on any atom is -0.464 e. The number of carbonyl (C=O) groups is 3. The summed E-state index contributed by atoms with van der Waals surface area (Å²) < 4.78 is 4.70. The van der Waals surface area contributed by atoms with Crippen LogP contribution in [0.15, 0.2) is 0 Å². The van der Waals surface area contributed by atoms with E-state index in [1.54, 1.807) is 13.8 Å². The molecule has 1 saturated heterocycles. The van der Waals surface area contributed by atoms with Crippen molar-refractivity contribution in [2.75, 3.05) is 19.7 Å². The summed E-state index contributed by atoms with van der Waals surface area (Å²) in [5.41, 5.74) is 5.54. The van der Waals surface area contributed by atoms with Crippen LogP contribution in [0.1, 0.15) is 20.3 Å². The molecule has 18 heavy (non-hydrogen) atoms. The molecule has 0 aromatic rings. The van der Waals surface area contributed by atoms with Gasteiger partial charge in [0, 0.05) is 13.1 Å². The molecule has 1 aliphatic rings. The van der Waals surface area contributed by atoms with Crippen LogP contribution in [0.5, 0.6) is 0 Å². The standard InChI is InChI=1S/C11H19N3O4/c1-3-7-9(15)13-5-6-14(7)10(16)8(12)11(17)18-4-2/h7-8H,3-6,12H2,1-2H3,(H,13,15). The van der Waals surface area contributed by atoms with E-state index in [0.717, 1.165) is 0 Å². The van der Waals surface area contributed by atoms with Gasteiger partial charge in [-0.05, 0) is 13.3 Å². The lowest BCUT2D eigenvalue weighted by Gasteiger charge is -2.35. The number of nitrogens with two attached hydrogens (primary N) is 1. The fourth-order valence-electron chi connectivity index (χ4n) is 1.90. The molecule has 0 aromatic heterocycles. The number of carbonyl (C=O) groups excluding carboxylic acids is 3. The van der Waals surface area contributed by atoms with E-state index in [2.05, 4.69) is 5.32 Å². The molecule has 0 radical (unpaired) electrons. The first-order chi connectivity index (χ1) is 8.52. The number of piperazine rings is 1. The highest BCUT2D eigenvalue weighted by molar-refractivity contribution is 6.03. The molecule has 0 aliphatic carbocycles. The van der Waals surface area contributed by atoms with Gasteiger partial charge in [0.2, 0.25) is 5.91 Å². The molecule has 102 valence electrons. The first kappa shape index (κ1) is 14.4. The maximum Gasteiger partial charge on any atom is 0.332 e. The van der Waals surface area contributed by atoms with Crippen LogP contribution in [0, 0.1) is 0 Å². The lowest BCUT2D eigenvalue weighted by atomic mass is 10.1. The molecule has 2 amide bonds. The molecule has 7 nitrogen and oxygen atoms in total. The van der Waals surface area contributed by atoms with Crippen LogP contribution in [0.4, 0.5) is 0 Å². The van der Waals surface area contributed by atoms with Crippen LogP contribution in [0.3, 0.4) is 0 Å². The Morgan fingerprint density at radius 2 is 2.22 bits per heavy atom. The number of nitrogens with zero attached hydrogens (tertiary/aromatic N) is 1. The predicted molar refractivity (Wildman–Crippen MR) is 63.4 cm³/mol. The van der Waals surface area contributed by atoms with Gasteiger partial charge in [-0.3, -0.25) is 9.59 Å². The van der Waals surface area contributed by atoms with Crippen molar-refractivity contribution in [1.29, 1.82) is 0 Å². The summed E-state index contributed by atoms with van der Waals surface area (Å²) in [4.78, 5) is 36.4. The van der Waals surface area contributed by atoms with E-state index in [1.807, 2.05) is 0 Å². The topological polar surface area (TPSA) is 102 Å². The average molecular weight is 257 g/mol. The largest absolute Gasteiger partial charge is 0.464 e. The Labute approximate surface area is 106 Å². The van der Waals surface area contributed by atoms with Gasteiger partial charge in [0.15, 0.2) is 6.04 Å². The van der Waals surface area contributed by atoms with Crippen LogP contribution in [-0.2, 0) is 19.1 Å². The second kappa shape index (κ2) is 6.34. The molecule has 7 heteroatoms. The zero-order valence-corrected chi connectivity index (χ0v) is 10.6. The summed E-state index contributed by atoms with van der Waals surface area (Å²) in [6.07, 6.45) is 0.479. The SMILES string of the molecule is CCOC(=O)C(N)C(=O)N1CCNC(=O)C1CC. The van der Waals surface area contributed by atoms with E-state index in [4.69, 9.17) is 10.5 Å². The third-order valence-electron chi connectivity index (χ3n) is 2.81. The Hall–Kier alpha value is -1.63. The van der Waals surface area contributed by atoms with Crippen molar-refractivity contribution >= 4 is 17.8 Å². The Morgan fingerprint density at radius 3 is 2.78 bits per heavy atom. The van der Waals surface area contributed by atoms with E-state index in [1.165, 1.54) is 4.90 Å². The summed E-state index contributed by atoms with van der Waals surface area (Å²) in [6, 6.07) is -1.92. The molecule has 0 aromatic carbocycles. The Balaban J connectivity index is 2.75. The van der Waals surface area contributed by atoms with E-state index >= 15 is 0 Å². The third-order valence-corrected chi connectivity index (χ3v) is 2.81. The quantitative estimate of drug-likeness (QED) is 0.477. The monoisotopic (exact) mass is 257 g/mol. The fourth-order valence-corrected chi connectivity index (χ4v) is 1.90. The van der Waals surface area contributed by atoms with Crippen LogP contribution >= 0.6 is 0 Å². The number of rotatable bonds is 4. The normalized spacial score (nSPS) is 21.2. The summed E-state index contributed by atoms with van der Waals surface area (Å²) >= 11 is 0. The van der Waals surface area contributed by atoms with Gasteiger partial charge < -0.3 is 20.7 Å². The van der Waals surface area contributed by atoms with Gasteiger partial charge in [0.1, 0.15) is 6.04 Å². The average Bonchev–Trinajstić information content (AvgIpc) is 2.37. The zero-order valence-electron chi connectivity index (χ0n) is 10.6. The van der Waals surface area contributed by atoms with Crippen molar-refractivity contribution in [2.45, 2.75) is 32.4 Å². The van der Waals surface area contributed by atoms with Gasteiger partial charge in [0.05, 0.1) is 6.61 Å². The molecule has 0 saturated carbocycles. The van der Waals surface area contributed by atoms with Crippen LogP contribution in [-0.4, -0.2) is 54.5 Å². The van der Waals surface area contributed by atoms with Gasteiger partial charge in [-0.2, -0.15) is 0 Å². The molecular weight excluding hydrogens is 238 g/mol. The highest BCUT2D eigenvalue weighted by Crippen LogP contribution is 2.10. The minimum absolute atomic E-state index is 0.164. The zero-order chi connectivity index (χ0) is 13.7. The molecule has 2 atom stereocenters. The number of esters is 1. The summed E-state index contributed by atoms with van der Waals surface area (Å²) in [5.74, 6) is -1.54. The lowest BCUT2D eigenvalue weighted by molar-refractivity contribution is -0.154. The second-order valence-corrected chi connectivity index (χ2v) is 3.98. The maximum atomic E-state index is 12.0. The van der Waals surface area contributed by atoms with Crippen molar-refractivity contribution in [2.24, 2.45) is 5.73 Å². The number of nitrogens with one attached hydrogen (secondary N) is 1. The first-order valence-corrected chi connectivity index (χ1v) is 6.03. The predicted octanol–water partition coefficient (Wildman–Crippen LogP) is -1.39. The van der Waals surface area contributed by atoms with Crippen molar-refractivity contribution in [3.63, 3.8) is 0 Å². The minimum atomic E-state index is -1.36. The molecule has 2 unspecified atom stereocenters. The van der Waals surface area contributed by atoms with Crippen molar-refractivity contribution in [3.05, 3.63) is 0 Å². The van der Waals surface area contributed by atoms with Gasteiger partial charge >= 0.3 is 5.97 Å². The highest BCUT2D eigenvalue weighted by atomic mass is 16.5. The van der Waals surface area contributed by atoms with E-state index in [0.29, 0.717) is 19.5 Å². The van der Waals surface area contributed by atoms with Gasteiger partial charge in [-0.1, -0.05) is 6.92 Å². The van der Waals surface area contributed by atoms with Crippen LogP contribution < -0.4 is 11.1 Å². The van der Waals surface area contributed by atoms with Crippen molar-refractivity contribution in [3.8, 4) is 0 Å². The molecule has 1 aliphatic heterocycles. The number of amides is 2. The van der Waals surface area contributed by atoms with Gasteiger partial charge in [-0.25, -0.2) is 4.79 Å². The van der Waals surface area contributed by atoms with Crippen LogP contribution in [0.25, 0.3) is 0 Å². The second-order valence-electron chi connectivity index (χ2n) is 3.98. The van der Waals surface area contributed by atoms with Gasteiger partial charge in [-0.15, -0.1) is 0 Å². The maximum absolute atomic E-state index is 12.0. The summed E-state index contributed by atoms with van der Waals surface area (Å²) in [5, 5.41) is 2.67. The molecule has 1 fully saturated rings. The summed E-state index contributed by atoms with van der Waals surface area (Å²) in [7, 11) is 0. The van der Waals surface area contributed by atoms with Crippen molar-refractivity contribution in [1.82, 2.24) is 10.2 Å². The van der Waals surface area contributed by atoms with E-state index in [9.17, 15) is 14.4 Å². The molecule has 0 bridgehead atoms. The molecule has 1 rings (SSSR count). The number of hydrogen-bond donors (Lipinski definition) is 2. The molecule has 0 spiro atoms. The van der Waals surface area contributed by atoms with E-state index < -0.39 is 24.0 Å². The summed E-state index contributed by atoms with van der Waals surface area (Å²) in [6.45, 7) is 4.33. The molecule has 1 heterocycles. The van der Waals surface area contributed by atoms with Gasteiger partial charge in [0.25, 0.3) is 5.91 Å². The number of hydrogen-bond acceptors (Lipinski definition) is 5. The lowest BCUT2D eigenvalue weighted by Crippen LogP contribution is -2.61. The number of ether oxygens (including phenoxy) is 1. The van der Waals surface area contributed by atoms with E-state index in [-0.39, 0.29) is 12.5 Å². The first-order valence-electron chi connectivity index (χ1n) is 6.03. The molecular formula is C11H19N3O4. The highest BCUT2D eigenvalue weighted by Gasteiger charge is 2.36. The Morgan fingerprint density at radius 1 is 1.56 bits per heavy atom. The fraction of sp³-hybridized carbons (Fsp3) is 0.727. The smallest absolute Gasteiger partial charge is 0.332 e. The van der Waals surface area contributed by atoms with Crippen molar-refractivity contribution < 1.29 is 19.1 Å². The Kier molecular flexibility index (Phi) is 5.08. The van der Waals surface area contributed by atoms with Crippen LogP contribution in [0.2, 0.25) is 0 Å². The Bertz CT molecular complexity index is 345.